The summed E-state index contributed by atoms with van der Waals surface area (Å²) < 4.78 is 0. The van der Waals surface area contributed by atoms with Gasteiger partial charge in [0.05, 0.1) is 0 Å². The molecular weight excluding hydrogens is 270 g/mol. The largest absolute Gasteiger partial charge is 0.480 e. The zero-order chi connectivity index (χ0) is 16.0. The maximum Gasteiger partial charge on any atom is 0.326 e. The second-order valence-electron chi connectivity index (χ2n) is 4.99. The third-order valence-electron chi connectivity index (χ3n) is 3.58. The fraction of sp³-hybridized carbons (Fsp3) is 0.438. The van der Waals surface area contributed by atoms with E-state index in [1.165, 1.54) is 14.0 Å². The summed E-state index contributed by atoms with van der Waals surface area (Å²) in [6, 6.07) is 6.42. The number of carbonyl (C=O) groups excluding carboxylic acids is 2. The van der Waals surface area contributed by atoms with Crippen LogP contribution in [0.25, 0.3) is 0 Å². The molecule has 0 fully saturated rings. The lowest BCUT2D eigenvalue weighted by atomic mass is 10.0. The highest BCUT2D eigenvalue weighted by Crippen LogP contribution is 2.10. The molecule has 1 aromatic rings. The van der Waals surface area contributed by atoms with Crippen molar-refractivity contribution >= 4 is 17.7 Å². The first kappa shape index (κ1) is 16.9. The van der Waals surface area contributed by atoms with E-state index in [9.17, 15) is 14.4 Å². The average molecular weight is 291 g/mol. The fourth-order valence-corrected chi connectivity index (χ4v) is 1.85. The molecule has 1 N–H and O–H groups in total. The van der Waals surface area contributed by atoms with Gasteiger partial charge in [-0.25, -0.2) is 4.79 Å². The van der Waals surface area contributed by atoms with E-state index in [0.29, 0.717) is 5.56 Å². The number of rotatable bonds is 7. The number of aliphatic carboxylic acids is 1. The number of likely N-dealkylation sites (N-methyl/N-ethyl adjacent to an activating group) is 1. The Bertz CT molecular complexity index is 522. The molecule has 0 bridgehead atoms. The summed E-state index contributed by atoms with van der Waals surface area (Å²) >= 11 is 0. The molecule has 0 aliphatic rings. The maximum absolute atomic E-state index is 12.0. The Labute approximate surface area is 124 Å². The third-order valence-corrected chi connectivity index (χ3v) is 3.58. The number of aryl methyl sites for hydroxylation is 1. The molecule has 114 valence electrons. The first-order valence-corrected chi connectivity index (χ1v) is 6.97. The van der Waals surface area contributed by atoms with E-state index in [0.717, 1.165) is 16.9 Å². The summed E-state index contributed by atoms with van der Waals surface area (Å²) in [5.41, 5.74) is 1.73. The van der Waals surface area contributed by atoms with Crippen LogP contribution in [0.5, 0.6) is 0 Å². The van der Waals surface area contributed by atoms with Gasteiger partial charge >= 0.3 is 5.97 Å². The summed E-state index contributed by atoms with van der Waals surface area (Å²) in [5.74, 6) is -1.52. The van der Waals surface area contributed by atoms with Crippen LogP contribution in [0.2, 0.25) is 0 Å². The van der Waals surface area contributed by atoms with E-state index in [4.69, 9.17) is 5.11 Å². The number of Topliss-reactive ketones (excluding diaryl/α,β-unsaturated/α-hetero) is 1. The number of ketones is 1. The minimum atomic E-state index is -1.06. The van der Waals surface area contributed by atoms with Crippen LogP contribution in [0.4, 0.5) is 0 Å². The molecule has 0 saturated heterocycles. The van der Waals surface area contributed by atoms with Crippen LogP contribution in [-0.4, -0.2) is 40.8 Å². The molecule has 0 saturated carbocycles. The second kappa shape index (κ2) is 7.57. The lowest BCUT2D eigenvalue weighted by Crippen LogP contribution is -2.40. The van der Waals surface area contributed by atoms with E-state index in [1.807, 2.05) is 19.1 Å². The van der Waals surface area contributed by atoms with Crippen LogP contribution in [0.1, 0.15) is 42.6 Å². The summed E-state index contributed by atoms with van der Waals surface area (Å²) in [6.07, 6.45) is 1.01. The number of hydrogen-bond acceptors (Lipinski definition) is 3. The minimum absolute atomic E-state index is 0.0164. The SMILES string of the molecule is CCc1ccc(C(=O)CCC(=O)N(C)C(C)C(=O)O)cc1. The Morgan fingerprint density at radius 2 is 1.71 bits per heavy atom. The van der Waals surface area contributed by atoms with Crippen molar-refractivity contribution in [2.75, 3.05) is 7.05 Å². The highest BCUT2D eigenvalue weighted by atomic mass is 16.4. The van der Waals surface area contributed by atoms with Crippen LogP contribution < -0.4 is 0 Å². The molecule has 0 aliphatic heterocycles. The monoisotopic (exact) mass is 291 g/mol. The number of nitrogens with zero attached hydrogens (tertiary/aromatic N) is 1. The molecule has 1 unspecified atom stereocenters. The van der Waals surface area contributed by atoms with Crippen LogP contribution in [0.3, 0.4) is 0 Å². The molecule has 0 spiro atoms. The molecule has 0 heterocycles. The number of carbonyl (C=O) groups is 3. The molecule has 0 radical (unpaired) electrons. The van der Waals surface area contributed by atoms with Gasteiger partial charge in [-0.05, 0) is 18.9 Å². The number of benzene rings is 1. The van der Waals surface area contributed by atoms with Crippen molar-refractivity contribution in [3.63, 3.8) is 0 Å². The second-order valence-corrected chi connectivity index (χ2v) is 4.99. The Morgan fingerprint density at radius 3 is 2.19 bits per heavy atom. The van der Waals surface area contributed by atoms with Crippen molar-refractivity contribution in [1.82, 2.24) is 4.90 Å². The Hall–Kier alpha value is -2.17. The van der Waals surface area contributed by atoms with Gasteiger partial charge in [-0.2, -0.15) is 0 Å². The van der Waals surface area contributed by atoms with Gasteiger partial charge in [0.15, 0.2) is 5.78 Å². The molecule has 1 amide bonds. The van der Waals surface area contributed by atoms with Gasteiger partial charge in [0.1, 0.15) is 6.04 Å². The van der Waals surface area contributed by atoms with Crippen molar-refractivity contribution < 1.29 is 19.5 Å². The molecule has 5 heteroatoms. The van der Waals surface area contributed by atoms with Crippen LogP contribution >= 0.6 is 0 Å². The van der Waals surface area contributed by atoms with Gasteiger partial charge in [-0.1, -0.05) is 31.2 Å². The van der Waals surface area contributed by atoms with Gasteiger partial charge in [0.25, 0.3) is 0 Å². The zero-order valence-electron chi connectivity index (χ0n) is 12.6. The van der Waals surface area contributed by atoms with E-state index >= 15 is 0 Å². The smallest absolute Gasteiger partial charge is 0.326 e. The van der Waals surface area contributed by atoms with Crippen LogP contribution in [0, 0.1) is 0 Å². The van der Waals surface area contributed by atoms with Crippen LogP contribution in [-0.2, 0) is 16.0 Å². The van der Waals surface area contributed by atoms with Crippen molar-refractivity contribution in [1.29, 1.82) is 0 Å². The molecule has 1 atom stereocenters. The standard InChI is InChI=1S/C16H21NO4/c1-4-12-5-7-13(8-6-12)14(18)9-10-15(19)17(3)11(2)16(20)21/h5-8,11H,4,9-10H2,1-3H3,(H,20,21). The van der Waals surface area contributed by atoms with Gasteiger partial charge < -0.3 is 10.0 Å². The van der Waals surface area contributed by atoms with Crippen molar-refractivity contribution in [2.45, 2.75) is 39.2 Å². The summed E-state index contributed by atoms with van der Waals surface area (Å²) in [4.78, 5) is 35.8. The van der Waals surface area contributed by atoms with Gasteiger partial charge in [0, 0.05) is 25.5 Å². The van der Waals surface area contributed by atoms with Gasteiger partial charge in [0.2, 0.25) is 5.91 Å². The maximum atomic E-state index is 12.0. The average Bonchev–Trinajstić information content (AvgIpc) is 2.50. The highest BCUT2D eigenvalue weighted by molar-refractivity contribution is 5.98. The Morgan fingerprint density at radius 1 is 1.14 bits per heavy atom. The molecule has 21 heavy (non-hydrogen) atoms. The number of hydrogen-bond donors (Lipinski definition) is 1. The first-order chi connectivity index (χ1) is 9.86. The topological polar surface area (TPSA) is 74.7 Å². The fourth-order valence-electron chi connectivity index (χ4n) is 1.85. The molecular formula is C16H21NO4. The zero-order valence-corrected chi connectivity index (χ0v) is 12.6. The summed E-state index contributed by atoms with van der Waals surface area (Å²) in [5, 5.41) is 8.85. The Kier molecular flexibility index (Phi) is 6.09. The normalized spacial score (nSPS) is 11.8. The van der Waals surface area contributed by atoms with E-state index in [2.05, 4.69) is 0 Å². The molecule has 1 rings (SSSR count). The predicted molar refractivity (Wildman–Crippen MR) is 79.3 cm³/mol. The van der Waals surface area contributed by atoms with E-state index < -0.39 is 12.0 Å². The van der Waals surface area contributed by atoms with E-state index in [1.54, 1.807) is 12.1 Å². The van der Waals surface area contributed by atoms with Crippen molar-refractivity contribution in [3.05, 3.63) is 35.4 Å². The summed E-state index contributed by atoms with van der Waals surface area (Å²) in [7, 11) is 1.43. The summed E-state index contributed by atoms with van der Waals surface area (Å²) in [6.45, 7) is 3.47. The minimum Gasteiger partial charge on any atom is -0.480 e. The van der Waals surface area contributed by atoms with Gasteiger partial charge in [-0.15, -0.1) is 0 Å². The first-order valence-electron chi connectivity index (χ1n) is 6.97. The van der Waals surface area contributed by atoms with Crippen LogP contribution in [0.15, 0.2) is 24.3 Å². The predicted octanol–water partition coefficient (Wildman–Crippen LogP) is 2.14. The number of carboxylic acid groups (broad SMARTS) is 1. The lowest BCUT2D eigenvalue weighted by Gasteiger charge is -2.21. The van der Waals surface area contributed by atoms with Gasteiger partial charge in [-0.3, -0.25) is 9.59 Å². The third kappa shape index (κ3) is 4.70. The lowest BCUT2D eigenvalue weighted by molar-refractivity contribution is -0.148. The highest BCUT2D eigenvalue weighted by Gasteiger charge is 2.22. The van der Waals surface area contributed by atoms with Crippen molar-refractivity contribution in [3.8, 4) is 0 Å². The molecule has 1 aromatic carbocycles. The van der Waals surface area contributed by atoms with Crippen molar-refractivity contribution in [2.24, 2.45) is 0 Å². The number of carboxylic acids is 1. The number of amides is 1. The molecule has 5 nitrogen and oxygen atoms in total. The van der Waals surface area contributed by atoms with E-state index in [-0.39, 0.29) is 24.5 Å². The molecule has 0 aromatic heterocycles. The quantitative estimate of drug-likeness (QED) is 0.781. The Balaban J connectivity index is 2.55. The molecule has 0 aliphatic carbocycles.